The van der Waals surface area contributed by atoms with E-state index in [9.17, 15) is 0 Å². The summed E-state index contributed by atoms with van der Waals surface area (Å²) in [6.45, 7) is 4.34. The molecule has 64 valence electrons. The lowest BCUT2D eigenvalue weighted by molar-refractivity contribution is 0.375. The molecular weight excluding hydrogens is 166 g/mol. The van der Waals surface area contributed by atoms with Crippen LogP contribution >= 0.6 is 25.7 Å². The van der Waals surface area contributed by atoms with Gasteiger partial charge in [-0.2, -0.15) is 13.5 Å². The summed E-state index contributed by atoms with van der Waals surface area (Å²) in [5, 5.41) is 0. The van der Waals surface area contributed by atoms with Crippen LogP contribution in [-0.4, -0.2) is 24.5 Å². The summed E-state index contributed by atoms with van der Waals surface area (Å²) in [4.78, 5) is 0. The summed E-state index contributed by atoms with van der Waals surface area (Å²) in [5.74, 6) is 0. The van der Waals surface area contributed by atoms with E-state index in [2.05, 4.69) is 18.2 Å². The predicted octanol–water partition coefficient (Wildman–Crippen LogP) is 2.04. The molecule has 0 aliphatic rings. The Morgan fingerprint density at radius 3 is 2.40 bits per heavy atom. The first-order valence-electron chi connectivity index (χ1n) is 3.16. The second kappa shape index (κ2) is 7.72. The van der Waals surface area contributed by atoms with Crippen molar-refractivity contribution in [2.24, 2.45) is 0 Å². The highest BCUT2D eigenvalue weighted by atomic mass is 32.2. The average Bonchev–Trinajstić information content (AvgIpc) is 1.87. The molecule has 0 radical (unpaired) electrons. The summed E-state index contributed by atoms with van der Waals surface area (Å²) in [6.07, 6.45) is 1.16. The first-order valence-corrected chi connectivity index (χ1v) is 3.85. The van der Waals surface area contributed by atoms with Crippen LogP contribution in [0.4, 0.5) is 0 Å². The van der Waals surface area contributed by atoms with Crippen LogP contribution in [0.25, 0.3) is 0 Å². The minimum Gasteiger partial charge on any atom is -0.304 e. The van der Waals surface area contributed by atoms with Gasteiger partial charge in [0.25, 0.3) is 0 Å². The zero-order valence-corrected chi connectivity index (χ0v) is 8.86. The molecule has 0 rings (SSSR count). The Labute approximate surface area is 75.1 Å². The van der Waals surface area contributed by atoms with Gasteiger partial charge in [-0.15, -0.1) is 0 Å². The normalized spacial score (nSPS) is 12.9. The topological polar surface area (TPSA) is 12.5 Å². The van der Waals surface area contributed by atoms with E-state index >= 15 is 0 Å². The first-order chi connectivity index (χ1) is 4.22. The number of hydrogen-bond acceptors (Lipinski definition) is 3. The van der Waals surface area contributed by atoms with Crippen molar-refractivity contribution in [3.8, 4) is 0 Å². The Morgan fingerprint density at radius 2 is 2.10 bits per heavy atom. The van der Waals surface area contributed by atoms with E-state index in [0.29, 0.717) is 6.04 Å². The Hall–Kier alpha value is 0.620. The Morgan fingerprint density at radius 1 is 1.60 bits per heavy atom. The Kier molecular flexibility index (Phi) is 10.2. The Bertz CT molecular complexity index is 72.8. The quantitative estimate of drug-likeness (QED) is 0.489. The maximum atomic E-state index is 4.87. The van der Waals surface area contributed by atoms with Crippen LogP contribution < -0.4 is 0 Å². The van der Waals surface area contributed by atoms with Gasteiger partial charge in [-0.3, -0.25) is 0 Å². The van der Waals surface area contributed by atoms with Crippen molar-refractivity contribution >= 4 is 25.7 Å². The molecule has 0 saturated carbocycles. The van der Waals surface area contributed by atoms with Gasteiger partial charge < -0.3 is 4.18 Å². The molecule has 1 unspecified atom stereocenters. The zero-order valence-electron chi connectivity index (χ0n) is 7.05. The third-order valence-electron chi connectivity index (χ3n) is 1.40. The van der Waals surface area contributed by atoms with Crippen molar-refractivity contribution in [3.63, 3.8) is 0 Å². The molecule has 0 spiro atoms. The van der Waals surface area contributed by atoms with E-state index < -0.39 is 0 Å². The van der Waals surface area contributed by atoms with Gasteiger partial charge in [0.05, 0.1) is 19.3 Å². The lowest BCUT2D eigenvalue weighted by atomic mass is 10.3. The van der Waals surface area contributed by atoms with Crippen molar-refractivity contribution in [2.45, 2.75) is 26.3 Å². The molecule has 0 N–H and O–H groups in total. The second-order valence-electron chi connectivity index (χ2n) is 2.04. The molecule has 2 nitrogen and oxygen atoms in total. The standard InChI is InChI=1S/C6H15NOS.H2S/c1-5-6(2)7(3)9-8-4;/h6H,5H2,1-4H3;1H2. The van der Waals surface area contributed by atoms with Crippen molar-refractivity contribution in [2.75, 3.05) is 14.2 Å². The van der Waals surface area contributed by atoms with Crippen LogP contribution in [0.2, 0.25) is 0 Å². The maximum Gasteiger partial charge on any atom is 0.0816 e. The monoisotopic (exact) mass is 183 g/mol. The molecule has 1 atom stereocenters. The summed E-state index contributed by atoms with van der Waals surface area (Å²) in [5.41, 5.74) is 0. The number of hydrogen-bond donors (Lipinski definition) is 0. The van der Waals surface area contributed by atoms with Crippen LogP contribution in [0.1, 0.15) is 20.3 Å². The molecule has 0 aliphatic heterocycles. The molecule has 4 heteroatoms. The van der Waals surface area contributed by atoms with E-state index in [1.807, 2.05) is 7.05 Å². The van der Waals surface area contributed by atoms with Crippen LogP contribution in [0.15, 0.2) is 0 Å². The fraction of sp³-hybridized carbons (Fsp3) is 1.00. The molecule has 0 saturated heterocycles. The van der Waals surface area contributed by atoms with Gasteiger partial charge in [0.1, 0.15) is 0 Å². The van der Waals surface area contributed by atoms with Crippen LogP contribution in [0.5, 0.6) is 0 Å². The third-order valence-corrected chi connectivity index (χ3v) is 2.15. The maximum absolute atomic E-state index is 4.87. The summed E-state index contributed by atoms with van der Waals surface area (Å²) in [7, 11) is 3.71. The average molecular weight is 183 g/mol. The number of nitrogens with zero attached hydrogens (tertiary/aromatic N) is 1. The highest BCUT2D eigenvalue weighted by Crippen LogP contribution is 2.12. The highest BCUT2D eigenvalue weighted by Gasteiger charge is 2.05. The number of rotatable bonds is 4. The highest BCUT2D eigenvalue weighted by molar-refractivity contribution is 7.92. The molecule has 0 fully saturated rings. The van der Waals surface area contributed by atoms with Gasteiger partial charge in [0, 0.05) is 6.04 Å². The molecule has 0 bridgehead atoms. The van der Waals surface area contributed by atoms with Gasteiger partial charge in [0.15, 0.2) is 0 Å². The van der Waals surface area contributed by atoms with Crippen molar-refractivity contribution in [1.29, 1.82) is 0 Å². The molecule has 0 aliphatic carbocycles. The summed E-state index contributed by atoms with van der Waals surface area (Å²) >= 11 is 1.40. The van der Waals surface area contributed by atoms with Gasteiger partial charge in [0.2, 0.25) is 0 Å². The largest absolute Gasteiger partial charge is 0.304 e. The lowest BCUT2D eigenvalue weighted by Crippen LogP contribution is -2.21. The van der Waals surface area contributed by atoms with E-state index in [1.54, 1.807) is 7.11 Å². The predicted molar refractivity (Wildman–Crippen MR) is 52.5 cm³/mol. The zero-order chi connectivity index (χ0) is 7.28. The van der Waals surface area contributed by atoms with Gasteiger partial charge >= 0.3 is 0 Å². The second-order valence-corrected chi connectivity index (χ2v) is 3.10. The first kappa shape index (κ1) is 13.2. The van der Waals surface area contributed by atoms with Crippen molar-refractivity contribution in [3.05, 3.63) is 0 Å². The van der Waals surface area contributed by atoms with Crippen LogP contribution in [0.3, 0.4) is 0 Å². The molecule has 0 amide bonds. The van der Waals surface area contributed by atoms with Gasteiger partial charge in [-0.25, -0.2) is 4.31 Å². The van der Waals surface area contributed by atoms with Gasteiger partial charge in [-0.05, 0) is 20.4 Å². The molecule has 0 aromatic heterocycles. The molecule has 0 aromatic carbocycles. The van der Waals surface area contributed by atoms with E-state index in [1.165, 1.54) is 12.2 Å². The van der Waals surface area contributed by atoms with Gasteiger partial charge in [-0.1, -0.05) is 6.92 Å². The fourth-order valence-electron chi connectivity index (χ4n) is 0.448. The van der Waals surface area contributed by atoms with Crippen LogP contribution in [0, 0.1) is 0 Å². The van der Waals surface area contributed by atoms with Crippen molar-refractivity contribution in [1.82, 2.24) is 4.31 Å². The lowest BCUT2D eigenvalue weighted by Gasteiger charge is -2.19. The summed E-state index contributed by atoms with van der Waals surface area (Å²) in [6, 6.07) is 0.593. The van der Waals surface area contributed by atoms with E-state index in [4.69, 9.17) is 4.18 Å². The minimum atomic E-state index is 0. The molecule has 0 aromatic rings. The smallest absolute Gasteiger partial charge is 0.0816 e. The van der Waals surface area contributed by atoms with E-state index in [0.717, 1.165) is 6.42 Å². The van der Waals surface area contributed by atoms with Crippen LogP contribution in [-0.2, 0) is 4.18 Å². The third kappa shape index (κ3) is 5.41. The SMILES string of the molecule is CCC(C)N(C)SOC.S. The molecule has 0 heterocycles. The summed E-state index contributed by atoms with van der Waals surface area (Å²) < 4.78 is 6.97. The van der Waals surface area contributed by atoms with Crippen molar-refractivity contribution < 1.29 is 4.18 Å². The molecule has 10 heavy (non-hydrogen) atoms. The van der Waals surface area contributed by atoms with E-state index in [-0.39, 0.29) is 13.5 Å². The Balaban J connectivity index is 0. The fourth-order valence-corrected chi connectivity index (χ4v) is 0.979. The molecular formula is C6H17NOS2. The minimum absolute atomic E-state index is 0.